The molecule has 1 amide bonds. The lowest BCUT2D eigenvalue weighted by molar-refractivity contribution is 0.0955. The number of aryl methyl sites for hydroxylation is 3. The molecule has 132 valence electrons. The van der Waals surface area contributed by atoms with E-state index in [-0.39, 0.29) is 5.91 Å². The summed E-state index contributed by atoms with van der Waals surface area (Å²) in [7, 11) is 0. The summed E-state index contributed by atoms with van der Waals surface area (Å²) in [6.45, 7) is 2.13. The van der Waals surface area contributed by atoms with Gasteiger partial charge in [0.15, 0.2) is 0 Å². The Morgan fingerprint density at radius 2 is 1.96 bits per heavy atom. The number of aromatic nitrogens is 1. The zero-order valence-corrected chi connectivity index (χ0v) is 15.0. The first kappa shape index (κ1) is 16.6. The average Bonchev–Trinajstić information content (AvgIpc) is 3.06. The van der Waals surface area contributed by atoms with E-state index in [1.807, 2.05) is 30.3 Å². The van der Waals surface area contributed by atoms with E-state index in [2.05, 4.69) is 34.6 Å². The van der Waals surface area contributed by atoms with Crippen LogP contribution in [0.5, 0.6) is 0 Å². The number of amides is 1. The molecule has 0 fully saturated rings. The third-order valence-corrected chi connectivity index (χ3v) is 5.13. The van der Waals surface area contributed by atoms with Gasteiger partial charge in [-0.05, 0) is 67.0 Å². The Balaban J connectivity index is 1.49. The van der Waals surface area contributed by atoms with E-state index in [0.29, 0.717) is 5.56 Å². The molecule has 3 aromatic rings. The molecule has 0 aliphatic heterocycles. The van der Waals surface area contributed by atoms with Crippen LogP contribution in [0.2, 0.25) is 0 Å². The maximum atomic E-state index is 12.4. The van der Waals surface area contributed by atoms with E-state index < -0.39 is 0 Å². The molecule has 4 heteroatoms. The predicted molar refractivity (Wildman–Crippen MR) is 106 cm³/mol. The summed E-state index contributed by atoms with van der Waals surface area (Å²) in [5.41, 5.74) is 9.36. The number of H-pyrrole nitrogens is 1. The highest BCUT2D eigenvalue weighted by Crippen LogP contribution is 2.29. The molecule has 0 saturated heterocycles. The van der Waals surface area contributed by atoms with Crippen molar-refractivity contribution in [1.29, 1.82) is 0 Å². The maximum absolute atomic E-state index is 12.4. The number of aromatic amines is 1. The summed E-state index contributed by atoms with van der Waals surface area (Å²) in [6.07, 6.45) is 7.34. The van der Waals surface area contributed by atoms with Gasteiger partial charge in [-0.15, -0.1) is 0 Å². The van der Waals surface area contributed by atoms with Gasteiger partial charge >= 0.3 is 0 Å². The SMILES string of the molecule is CCc1ccc(/C=N/NC(=O)c2ccc3[nH]c4c(c3c2)CCCC4)cc1. The number of nitrogens with one attached hydrogen (secondary N) is 2. The van der Waals surface area contributed by atoms with Gasteiger partial charge < -0.3 is 4.98 Å². The van der Waals surface area contributed by atoms with Crippen LogP contribution < -0.4 is 5.43 Å². The third-order valence-electron chi connectivity index (χ3n) is 5.13. The molecule has 0 unspecified atom stereocenters. The summed E-state index contributed by atoms with van der Waals surface area (Å²) >= 11 is 0. The monoisotopic (exact) mass is 345 g/mol. The Labute approximate surface area is 153 Å². The van der Waals surface area contributed by atoms with Crippen LogP contribution in [0.3, 0.4) is 0 Å². The highest BCUT2D eigenvalue weighted by molar-refractivity contribution is 5.99. The molecule has 4 rings (SSSR count). The highest BCUT2D eigenvalue weighted by Gasteiger charge is 2.16. The third kappa shape index (κ3) is 3.27. The van der Waals surface area contributed by atoms with Crippen molar-refractivity contribution in [2.45, 2.75) is 39.0 Å². The van der Waals surface area contributed by atoms with Gasteiger partial charge in [-0.1, -0.05) is 31.2 Å². The second-order valence-corrected chi connectivity index (χ2v) is 6.84. The lowest BCUT2D eigenvalue weighted by Crippen LogP contribution is -2.17. The van der Waals surface area contributed by atoms with Crippen LogP contribution in [0.15, 0.2) is 47.6 Å². The van der Waals surface area contributed by atoms with Gasteiger partial charge in [0.1, 0.15) is 0 Å². The largest absolute Gasteiger partial charge is 0.358 e. The summed E-state index contributed by atoms with van der Waals surface area (Å²) in [5, 5.41) is 5.27. The van der Waals surface area contributed by atoms with Gasteiger partial charge in [0, 0.05) is 22.2 Å². The number of carbonyl (C=O) groups excluding carboxylic acids is 1. The van der Waals surface area contributed by atoms with Crippen molar-refractivity contribution in [2.24, 2.45) is 5.10 Å². The Morgan fingerprint density at radius 1 is 1.15 bits per heavy atom. The fourth-order valence-electron chi connectivity index (χ4n) is 3.62. The van der Waals surface area contributed by atoms with Crippen LogP contribution in [0.25, 0.3) is 10.9 Å². The van der Waals surface area contributed by atoms with E-state index in [1.54, 1.807) is 6.21 Å². The molecule has 1 aliphatic carbocycles. The Hall–Kier alpha value is -2.88. The summed E-state index contributed by atoms with van der Waals surface area (Å²) in [5.74, 6) is -0.181. The van der Waals surface area contributed by atoms with E-state index in [1.165, 1.54) is 35.0 Å². The van der Waals surface area contributed by atoms with Crippen LogP contribution >= 0.6 is 0 Å². The fourth-order valence-corrected chi connectivity index (χ4v) is 3.62. The lowest BCUT2D eigenvalue weighted by Gasteiger charge is -2.10. The standard InChI is InChI=1S/C22H23N3O/c1-2-15-7-9-16(10-8-15)14-23-25-22(26)17-11-12-21-19(13-17)18-5-3-4-6-20(18)24-21/h7-14,24H,2-6H2,1H3,(H,25,26)/b23-14+. The number of fused-ring (bicyclic) bond motifs is 3. The van der Waals surface area contributed by atoms with Gasteiger partial charge in [-0.3, -0.25) is 4.79 Å². The van der Waals surface area contributed by atoms with Gasteiger partial charge in [0.25, 0.3) is 5.91 Å². The van der Waals surface area contributed by atoms with Gasteiger partial charge in [0.2, 0.25) is 0 Å². The van der Waals surface area contributed by atoms with Crippen LogP contribution in [-0.4, -0.2) is 17.1 Å². The summed E-state index contributed by atoms with van der Waals surface area (Å²) in [6, 6.07) is 14.0. The molecule has 0 radical (unpaired) electrons. The van der Waals surface area contributed by atoms with Crippen molar-refractivity contribution in [3.63, 3.8) is 0 Å². The van der Waals surface area contributed by atoms with Crippen LogP contribution in [0.1, 0.15) is 52.5 Å². The Morgan fingerprint density at radius 3 is 2.77 bits per heavy atom. The van der Waals surface area contributed by atoms with Crippen LogP contribution in [-0.2, 0) is 19.3 Å². The molecular weight excluding hydrogens is 322 g/mol. The van der Waals surface area contributed by atoms with Crippen molar-refractivity contribution in [1.82, 2.24) is 10.4 Å². The quantitative estimate of drug-likeness (QED) is 0.535. The number of hydrogen-bond acceptors (Lipinski definition) is 2. The van der Waals surface area contributed by atoms with Crippen molar-refractivity contribution < 1.29 is 4.79 Å². The Bertz CT molecular complexity index is 967. The average molecular weight is 345 g/mol. The molecule has 0 spiro atoms. The number of rotatable bonds is 4. The normalized spacial score (nSPS) is 13.9. The van der Waals surface area contributed by atoms with Crippen LogP contribution in [0.4, 0.5) is 0 Å². The summed E-state index contributed by atoms with van der Waals surface area (Å²) < 4.78 is 0. The maximum Gasteiger partial charge on any atom is 0.271 e. The minimum Gasteiger partial charge on any atom is -0.358 e. The lowest BCUT2D eigenvalue weighted by atomic mass is 9.95. The smallest absolute Gasteiger partial charge is 0.271 e. The number of hydrogen-bond donors (Lipinski definition) is 2. The van der Waals surface area contributed by atoms with Crippen molar-refractivity contribution in [3.05, 3.63) is 70.4 Å². The molecule has 4 nitrogen and oxygen atoms in total. The minimum atomic E-state index is -0.181. The fraction of sp³-hybridized carbons (Fsp3) is 0.273. The number of benzene rings is 2. The van der Waals surface area contributed by atoms with Crippen molar-refractivity contribution in [2.75, 3.05) is 0 Å². The van der Waals surface area contributed by atoms with E-state index >= 15 is 0 Å². The van der Waals surface area contributed by atoms with Crippen LogP contribution in [0, 0.1) is 0 Å². The van der Waals surface area contributed by atoms with Crippen molar-refractivity contribution >= 4 is 23.0 Å². The molecule has 0 saturated carbocycles. The topological polar surface area (TPSA) is 57.2 Å². The molecule has 2 N–H and O–H groups in total. The van der Waals surface area contributed by atoms with E-state index in [9.17, 15) is 4.79 Å². The van der Waals surface area contributed by atoms with Crippen molar-refractivity contribution in [3.8, 4) is 0 Å². The first-order valence-electron chi connectivity index (χ1n) is 9.30. The van der Waals surface area contributed by atoms with Gasteiger partial charge in [0.05, 0.1) is 6.21 Å². The molecule has 1 aliphatic rings. The zero-order chi connectivity index (χ0) is 17.9. The van der Waals surface area contributed by atoms with Gasteiger partial charge in [-0.2, -0.15) is 5.10 Å². The first-order chi connectivity index (χ1) is 12.7. The number of carbonyl (C=O) groups is 1. The molecule has 26 heavy (non-hydrogen) atoms. The molecular formula is C22H23N3O. The molecule has 0 atom stereocenters. The predicted octanol–water partition coefficient (Wildman–Crippen LogP) is 4.37. The van der Waals surface area contributed by atoms with E-state index in [4.69, 9.17) is 0 Å². The molecule has 0 bridgehead atoms. The number of nitrogens with zero attached hydrogens (tertiary/aromatic N) is 1. The minimum absolute atomic E-state index is 0.181. The second-order valence-electron chi connectivity index (χ2n) is 6.84. The summed E-state index contributed by atoms with van der Waals surface area (Å²) in [4.78, 5) is 15.9. The molecule has 1 aromatic heterocycles. The zero-order valence-electron chi connectivity index (χ0n) is 15.0. The number of hydrazone groups is 1. The first-order valence-corrected chi connectivity index (χ1v) is 9.30. The Kier molecular flexibility index (Phi) is 4.57. The van der Waals surface area contributed by atoms with E-state index in [0.717, 1.165) is 30.3 Å². The van der Waals surface area contributed by atoms with Gasteiger partial charge in [-0.25, -0.2) is 5.43 Å². The highest BCUT2D eigenvalue weighted by atomic mass is 16.2. The molecule has 2 aromatic carbocycles. The molecule has 1 heterocycles. The second kappa shape index (κ2) is 7.16.